The Kier molecular flexibility index (Phi) is 6.26. The molecule has 29 heavy (non-hydrogen) atoms. The number of ether oxygens (including phenoxy) is 2. The van der Waals surface area contributed by atoms with Gasteiger partial charge >= 0.3 is 0 Å². The van der Waals surface area contributed by atoms with Gasteiger partial charge in [-0.15, -0.1) is 0 Å². The lowest BCUT2D eigenvalue weighted by Crippen LogP contribution is -2.54. The molecule has 1 aliphatic rings. The van der Waals surface area contributed by atoms with Crippen LogP contribution in [0.4, 0.5) is 5.69 Å². The van der Waals surface area contributed by atoms with Crippen molar-refractivity contribution in [1.29, 1.82) is 0 Å². The maximum absolute atomic E-state index is 13.2. The molecule has 3 rings (SSSR count). The number of amides is 2. The van der Waals surface area contributed by atoms with E-state index in [4.69, 9.17) is 33.3 Å². The number of anilines is 1. The number of thiocarbonyl (C=S) groups is 1. The molecule has 0 atom stereocenters. The molecule has 1 aliphatic heterocycles. The van der Waals surface area contributed by atoms with Gasteiger partial charge in [0.2, 0.25) is 0 Å². The Morgan fingerprint density at radius 2 is 1.83 bits per heavy atom. The van der Waals surface area contributed by atoms with Gasteiger partial charge in [-0.05, 0) is 60.6 Å². The van der Waals surface area contributed by atoms with E-state index < -0.39 is 11.8 Å². The quantitative estimate of drug-likeness (QED) is 0.390. The van der Waals surface area contributed by atoms with Crippen LogP contribution in [0.2, 0.25) is 5.02 Å². The van der Waals surface area contributed by atoms with E-state index >= 15 is 0 Å². The van der Waals surface area contributed by atoms with E-state index in [2.05, 4.69) is 21.2 Å². The summed E-state index contributed by atoms with van der Waals surface area (Å²) >= 11 is 14.9. The van der Waals surface area contributed by atoms with Crippen molar-refractivity contribution in [3.8, 4) is 11.5 Å². The van der Waals surface area contributed by atoms with Gasteiger partial charge in [0.1, 0.15) is 5.57 Å². The zero-order chi connectivity index (χ0) is 21.3. The molecule has 150 valence electrons. The lowest BCUT2D eigenvalue weighted by atomic mass is 10.1. The molecule has 6 nitrogen and oxygen atoms in total. The molecule has 1 fully saturated rings. The molecule has 0 saturated carbocycles. The molecule has 1 saturated heterocycles. The monoisotopic (exact) mass is 494 g/mol. The molecule has 0 aromatic heterocycles. The predicted molar refractivity (Wildman–Crippen MR) is 120 cm³/mol. The van der Waals surface area contributed by atoms with Gasteiger partial charge in [0, 0.05) is 9.50 Å². The first kappa shape index (κ1) is 21.3. The number of nitrogens with zero attached hydrogens (tertiary/aromatic N) is 1. The number of carbonyl (C=O) groups is 2. The molecule has 1 N–H and O–H groups in total. The standard InChI is InChI=1S/C20H16BrClN2O4S/c1-10-14(22)5-4-6-15(10)24-19(26)12(18(25)23-20(24)29)7-11-8-16(27-2)17(28-3)9-13(11)21/h4-9H,1-3H3,(H,23,25,29)/b12-7+. The Morgan fingerprint density at radius 3 is 2.48 bits per heavy atom. The third-order valence-electron chi connectivity index (χ3n) is 4.38. The first-order valence-corrected chi connectivity index (χ1v) is 9.94. The number of halogens is 2. The third kappa shape index (κ3) is 4.01. The van der Waals surface area contributed by atoms with Gasteiger partial charge in [0.05, 0.1) is 19.9 Å². The summed E-state index contributed by atoms with van der Waals surface area (Å²) in [5.41, 5.74) is 1.67. The number of nitrogens with one attached hydrogen (secondary N) is 1. The van der Waals surface area contributed by atoms with Crippen molar-refractivity contribution in [3.05, 3.63) is 56.5 Å². The van der Waals surface area contributed by atoms with Crippen LogP contribution in [0.5, 0.6) is 11.5 Å². The molecule has 0 unspecified atom stereocenters. The topological polar surface area (TPSA) is 67.9 Å². The second kappa shape index (κ2) is 8.52. The highest BCUT2D eigenvalue weighted by Gasteiger charge is 2.35. The fourth-order valence-corrected chi connectivity index (χ4v) is 3.73. The Bertz CT molecular complexity index is 1070. The second-order valence-corrected chi connectivity index (χ2v) is 7.72. The van der Waals surface area contributed by atoms with Crippen molar-refractivity contribution in [2.24, 2.45) is 0 Å². The highest BCUT2D eigenvalue weighted by Crippen LogP contribution is 2.35. The largest absolute Gasteiger partial charge is 0.493 e. The van der Waals surface area contributed by atoms with Gasteiger partial charge in [0.15, 0.2) is 16.6 Å². The van der Waals surface area contributed by atoms with Crippen molar-refractivity contribution in [1.82, 2.24) is 5.32 Å². The summed E-state index contributed by atoms with van der Waals surface area (Å²) in [4.78, 5) is 27.0. The number of hydrogen-bond acceptors (Lipinski definition) is 5. The summed E-state index contributed by atoms with van der Waals surface area (Å²) in [6.45, 7) is 1.78. The lowest BCUT2D eigenvalue weighted by molar-refractivity contribution is -0.122. The van der Waals surface area contributed by atoms with E-state index in [1.54, 1.807) is 37.3 Å². The number of hydrogen-bond donors (Lipinski definition) is 1. The maximum atomic E-state index is 13.2. The second-order valence-electron chi connectivity index (χ2n) is 6.07. The minimum atomic E-state index is -0.586. The molecule has 2 aromatic rings. The Labute approximate surface area is 186 Å². The first-order chi connectivity index (χ1) is 13.8. The summed E-state index contributed by atoms with van der Waals surface area (Å²) in [5.74, 6) is -0.161. The van der Waals surface area contributed by atoms with Gasteiger partial charge in [-0.25, -0.2) is 0 Å². The van der Waals surface area contributed by atoms with Crippen LogP contribution in [0.1, 0.15) is 11.1 Å². The number of benzene rings is 2. The fraction of sp³-hybridized carbons (Fsp3) is 0.150. The minimum Gasteiger partial charge on any atom is -0.493 e. The van der Waals surface area contributed by atoms with E-state index in [9.17, 15) is 9.59 Å². The van der Waals surface area contributed by atoms with E-state index in [1.807, 2.05) is 0 Å². The third-order valence-corrected chi connectivity index (χ3v) is 5.77. The van der Waals surface area contributed by atoms with Crippen LogP contribution >= 0.6 is 39.7 Å². The van der Waals surface area contributed by atoms with Crippen molar-refractivity contribution in [2.45, 2.75) is 6.92 Å². The summed E-state index contributed by atoms with van der Waals surface area (Å²) < 4.78 is 11.2. The smallest absolute Gasteiger partial charge is 0.270 e. The molecule has 0 radical (unpaired) electrons. The van der Waals surface area contributed by atoms with Crippen LogP contribution in [0, 0.1) is 6.92 Å². The zero-order valence-corrected chi connectivity index (χ0v) is 18.9. The average Bonchev–Trinajstić information content (AvgIpc) is 2.68. The summed E-state index contributed by atoms with van der Waals surface area (Å²) in [6.07, 6.45) is 1.47. The van der Waals surface area contributed by atoms with Crippen LogP contribution in [-0.4, -0.2) is 31.1 Å². The van der Waals surface area contributed by atoms with Crippen LogP contribution < -0.4 is 19.7 Å². The van der Waals surface area contributed by atoms with E-state index in [0.29, 0.717) is 37.8 Å². The molecule has 0 spiro atoms. The van der Waals surface area contributed by atoms with Crippen molar-refractivity contribution in [3.63, 3.8) is 0 Å². The Morgan fingerprint density at radius 1 is 1.17 bits per heavy atom. The summed E-state index contributed by atoms with van der Waals surface area (Å²) in [7, 11) is 3.02. The van der Waals surface area contributed by atoms with Crippen LogP contribution in [-0.2, 0) is 9.59 Å². The maximum Gasteiger partial charge on any atom is 0.270 e. The zero-order valence-electron chi connectivity index (χ0n) is 15.7. The average molecular weight is 496 g/mol. The van der Waals surface area contributed by atoms with Gasteiger partial charge in [-0.1, -0.05) is 33.6 Å². The number of methoxy groups -OCH3 is 2. The van der Waals surface area contributed by atoms with Gasteiger partial charge in [-0.2, -0.15) is 0 Å². The SMILES string of the molecule is COc1cc(Br)c(/C=C2\C(=O)NC(=S)N(c3cccc(Cl)c3C)C2=O)cc1OC. The molecular weight excluding hydrogens is 480 g/mol. The van der Waals surface area contributed by atoms with E-state index in [-0.39, 0.29) is 10.7 Å². The van der Waals surface area contributed by atoms with Crippen molar-refractivity contribution >= 4 is 68.4 Å². The molecule has 9 heteroatoms. The van der Waals surface area contributed by atoms with Gasteiger partial charge < -0.3 is 9.47 Å². The molecule has 0 bridgehead atoms. The predicted octanol–water partition coefficient (Wildman–Crippen LogP) is 4.26. The van der Waals surface area contributed by atoms with Crippen molar-refractivity contribution in [2.75, 3.05) is 19.1 Å². The van der Waals surface area contributed by atoms with Crippen LogP contribution in [0.15, 0.2) is 40.4 Å². The van der Waals surface area contributed by atoms with Crippen molar-refractivity contribution < 1.29 is 19.1 Å². The molecule has 0 aliphatic carbocycles. The highest BCUT2D eigenvalue weighted by atomic mass is 79.9. The number of rotatable bonds is 4. The van der Waals surface area contributed by atoms with E-state index in [1.165, 1.54) is 25.2 Å². The van der Waals surface area contributed by atoms with Crippen LogP contribution in [0.3, 0.4) is 0 Å². The first-order valence-electron chi connectivity index (χ1n) is 8.36. The molecule has 1 heterocycles. The normalized spacial score (nSPS) is 15.6. The lowest BCUT2D eigenvalue weighted by Gasteiger charge is -2.30. The molecule has 2 aromatic carbocycles. The summed E-state index contributed by atoms with van der Waals surface area (Å²) in [5, 5.41) is 3.04. The Balaban J connectivity index is 2.10. The molecule has 2 amide bonds. The Hall–Kier alpha value is -2.42. The summed E-state index contributed by atoms with van der Waals surface area (Å²) in [6, 6.07) is 8.50. The van der Waals surface area contributed by atoms with Gasteiger partial charge in [0.25, 0.3) is 11.8 Å². The fourth-order valence-electron chi connectivity index (χ4n) is 2.85. The minimum absolute atomic E-state index is 0.00565. The van der Waals surface area contributed by atoms with Gasteiger partial charge in [-0.3, -0.25) is 19.8 Å². The van der Waals surface area contributed by atoms with Crippen LogP contribution in [0.25, 0.3) is 6.08 Å². The highest BCUT2D eigenvalue weighted by molar-refractivity contribution is 9.10. The number of carbonyl (C=O) groups excluding carboxylic acids is 2. The molecular formula is C20H16BrClN2O4S. The van der Waals surface area contributed by atoms with E-state index in [0.717, 1.165) is 0 Å².